The molecule has 2 bridgehead atoms. The van der Waals surface area contributed by atoms with Crippen LogP contribution in [0, 0.1) is 11.8 Å². The summed E-state index contributed by atoms with van der Waals surface area (Å²) in [5, 5.41) is 18.0. The second-order valence-electron chi connectivity index (χ2n) is 16.5. The quantitative estimate of drug-likeness (QED) is 0.128. The fourth-order valence-electron chi connectivity index (χ4n) is 10.2. The minimum Gasteiger partial charge on any atom is -0.458 e. The molecule has 0 radical (unpaired) electrons. The van der Waals surface area contributed by atoms with Crippen molar-refractivity contribution in [3.05, 3.63) is 63.0 Å². The number of fused-ring (bicyclic) bond motifs is 6. The van der Waals surface area contributed by atoms with Crippen molar-refractivity contribution in [2.45, 2.75) is 88.6 Å². The van der Waals surface area contributed by atoms with Crippen molar-refractivity contribution in [1.29, 1.82) is 0 Å². The van der Waals surface area contributed by atoms with E-state index in [2.05, 4.69) is 10.6 Å². The van der Waals surface area contributed by atoms with E-state index in [1.165, 1.54) is 6.92 Å². The first-order valence-electron chi connectivity index (χ1n) is 18.9. The van der Waals surface area contributed by atoms with Gasteiger partial charge < -0.3 is 40.3 Å². The topological polar surface area (TPSA) is 239 Å². The number of imide groups is 1. The number of cyclic esters (lactones) is 1. The van der Waals surface area contributed by atoms with Gasteiger partial charge in [0.1, 0.15) is 18.7 Å². The number of ether oxygens (including phenoxy) is 3. The van der Waals surface area contributed by atoms with Crippen molar-refractivity contribution in [1.82, 2.24) is 25.1 Å². The summed E-state index contributed by atoms with van der Waals surface area (Å²) in [7, 11) is 0. The number of hydrogen-bond acceptors (Lipinski definition) is 12. The molecule has 57 heavy (non-hydrogen) atoms. The molecule has 7 aliphatic rings. The second kappa shape index (κ2) is 12.0. The summed E-state index contributed by atoms with van der Waals surface area (Å²) in [6.07, 6.45) is 3.64. The molecule has 5 N–H and O–H groups in total. The minimum absolute atomic E-state index is 0.00637. The molecule has 3 aliphatic carbocycles. The number of esters is 1. The zero-order chi connectivity index (χ0) is 40.6. The molecule has 10 rings (SSSR count). The Labute approximate surface area is 324 Å². The molecule has 0 saturated heterocycles. The van der Waals surface area contributed by atoms with E-state index in [1.807, 2.05) is 6.07 Å². The lowest BCUT2D eigenvalue weighted by Crippen LogP contribution is -2.78. The summed E-state index contributed by atoms with van der Waals surface area (Å²) in [5.41, 5.74) is 4.38. The number of rotatable bonds is 10. The average Bonchev–Trinajstić information content (AvgIpc) is 3.84. The van der Waals surface area contributed by atoms with Gasteiger partial charge in [-0.2, -0.15) is 0 Å². The van der Waals surface area contributed by atoms with Gasteiger partial charge in [0.25, 0.3) is 17.4 Å². The maximum atomic E-state index is 14.1. The van der Waals surface area contributed by atoms with Crippen LogP contribution < -0.4 is 31.4 Å². The van der Waals surface area contributed by atoms with Crippen LogP contribution >= 0.6 is 0 Å². The summed E-state index contributed by atoms with van der Waals surface area (Å²) in [6.45, 7) is 5.76. The first kappa shape index (κ1) is 36.5. The molecule has 5 amide bonds. The van der Waals surface area contributed by atoms with E-state index in [9.17, 15) is 38.7 Å². The van der Waals surface area contributed by atoms with Crippen LogP contribution in [0.4, 0.5) is 0 Å². The minimum atomic E-state index is -1.99. The van der Waals surface area contributed by atoms with Crippen LogP contribution in [0.15, 0.2) is 35.1 Å². The van der Waals surface area contributed by atoms with Crippen LogP contribution in [0.5, 0.6) is 11.5 Å². The van der Waals surface area contributed by atoms with Gasteiger partial charge in [0.15, 0.2) is 17.1 Å². The number of primary amides is 1. The summed E-state index contributed by atoms with van der Waals surface area (Å²) in [4.78, 5) is 97.3. The normalized spacial score (nSPS) is 26.2. The number of amides is 5. The lowest BCUT2D eigenvalue weighted by molar-refractivity contribution is -0.172. The Morgan fingerprint density at radius 1 is 0.982 bits per heavy atom. The average molecular weight is 781 g/mol. The highest BCUT2D eigenvalue weighted by molar-refractivity contribution is 6.14. The first-order valence-corrected chi connectivity index (χ1v) is 18.9. The highest BCUT2D eigenvalue weighted by Gasteiger charge is 2.70. The van der Waals surface area contributed by atoms with E-state index in [-0.39, 0.29) is 43.1 Å². The Morgan fingerprint density at radius 3 is 2.28 bits per heavy atom. The Balaban J connectivity index is 1.03. The van der Waals surface area contributed by atoms with Crippen LogP contribution in [0.1, 0.15) is 75.6 Å². The smallest absolute Gasteiger partial charge is 0.343 e. The predicted molar refractivity (Wildman–Crippen MR) is 197 cm³/mol. The summed E-state index contributed by atoms with van der Waals surface area (Å²) in [6, 6.07) is 5.35. The molecule has 0 unspecified atom stereocenters. The molecule has 17 heteroatoms. The Morgan fingerprint density at radius 2 is 1.65 bits per heavy atom. The van der Waals surface area contributed by atoms with E-state index in [0.29, 0.717) is 47.7 Å². The van der Waals surface area contributed by atoms with Crippen LogP contribution in [0.2, 0.25) is 0 Å². The van der Waals surface area contributed by atoms with E-state index in [4.69, 9.17) is 24.9 Å². The summed E-state index contributed by atoms with van der Waals surface area (Å²) in [5.74, 6) is -5.17. The van der Waals surface area contributed by atoms with Gasteiger partial charge in [0.05, 0.1) is 34.9 Å². The third-order valence-electron chi connectivity index (χ3n) is 13.1. The number of pyridine rings is 2. The van der Waals surface area contributed by atoms with Gasteiger partial charge in [-0.15, -0.1) is 0 Å². The predicted octanol–water partition coefficient (Wildman–Crippen LogP) is 0.656. The van der Waals surface area contributed by atoms with Gasteiger partial charge in [-0.05, 0) is 49.3 Å². The van der Waals surface area contributed by atoms with Gasteiger partial charge in [0, 0.05) is 45.7 Å². The number of nitrogens with one attached hydrogen (secondary N) is 2. The molecule has 3 atom stereocenters. The van der Waals surface area contributed by atoms with Crippen LogP contribution in [-0.4, -0.2) is 79.5 Å². The highest BCUT2D eigenvalue weighted by atomic mass is 16.7. The number of aromatic nitrogens is 2. The van der Waals surface area contributed by atoms with Gasteiger partial charge in [0.2, 0.25) is 24.5 Å². The van der Waals surface area contributed by atoms with Gasteiger partial charge >= 0.3 is 5.97 Å². The van der Waals surface area contributed by atoms with Crippen molar-refractivity contribution >= 4 is 46.4 Å². The molecule has 3 aromatic rings. The standard InChI is InChI=1S/C40H40N6O11/c1-5-39(54)23-9-25-32-21(11-45(25)34(51)22(23)13-55-36(39)53)31(20-8-26-27(57-17-56-26)10-24(20)42-32)37-14-38(15-37,16-37)44-33(50)19(4)40(18(2)3,35(41)52)43-28(47)12-46-29(48)6-7-30(46)49/h6-10,18-19,54H,5,11-17H2,1-4H3,(H2,41,52)(H,43,47)(H,44,50)/t19-,37?,38?,39+,40+/m1/s1. The lowest BCUT2D eigenvalue weighted by atomic mass is 9.36. The fraction of sp³-hybridized carbons (Fsp3) is 0.450. The molecule has 3 saturated carbocycles. The van der Waals surface area contributed by atoms with E-state index < -0.39 is 76.0 Å². The zero-order valence-electron chi connectivity index (χ0n) is 31.6. The van der Waals surface area contributed by atoms with Crippen molar-refractivity contribution in [2.75, 3.05) is 13.3 Å². The summed E-state index contributed by atoms with van der Waals surface area (Å²) >= 11 is 0. The van der Waals surface area contributed by atoms with Crippen LogP contribution in [0.3, 0.4) is 0 Å². The SMILES string of the molecule is CC[C@@]1(O)C(=O)OCc2c1cc1n(c2=O)Cc2c-1nc1cc3c(cc1c2C12CC(NC(=O)[C@@H](C)[C@](NC(=O)CN4C(=O)C=CC4=O)(C(N)=O)C(C)C)(C1)C2)OCO3. The number of nitrogens with zero attached hydrogens (tertiary/aromatic N) is 3. The molecular formula is C40H40N6O11. The van der Waals surface area contributed by atoms with Crippen molar-refractivity contribution in [3.63, 3.8) is 0 Å². The molecule has 6 heterocycles. The second-order valence-corrected chi connectivity index (χ2v) is 16.5. The third kappa shape index (κ3) is 4.90. The number of carbonyl (C=O) groups excluding carboxylic acids is 6. The maximum absolute atomic E-state index is 14.1. The molecule has 17 nitrogen and oxygen atoms in total. The largest absolute Gasteiger partial charge is 0.458 e. The van der Waals surface area contributed by atoms with Crippen LogP contribution in [-0.2, 0) is 57.7 Å². The van der Waals surface area contributed by atoms with Crippen molar-refractivity contribution < 1.29 is 48.1 Å². The zero-order valence-corrected chi connectivity index (χ0v) is 31.6. The molecule has 296 valence electrons. The van der Waals surface area contributed by atoms with Gasteiger partial charge in [-0.3, -0.25) is 33.7 Å². The maximum Gasteiger partial charge on any atom is 0.343 e. The monoisotopic (exact) mass is 780 g/mol. The lowest BCUT2D eigenvalue weighted by Gasteiger charge is -2.71. The Bertz CT molecular complexity index is 2490. The Hall–Kier alpha value is -6.10. The molecule has 0 spiro atoms. The first-order chi connectivity index (χ1) is 27.0. The molecule has 4 aliphatic heterocycles. The number of aliphatic hydroxyl groups is 1. The Kier molecular flexibility index (Phi) is 7.66. The number of carbonyl (C=O) groups is 6. The molecular weight excluding hydrogens is 740 g/mol. The molecule has 2 aromatic heterocycles. The third-order valence-corrected chi connectivity index (χ3v) is 13.1. The van der Waals surface area contributed by atoms with Gasteiger partial charge in [-0.25, -0.2) is 9.78 Å². The number of benzene rings is 1. The fourth-order valence-corrected chi connectivity index (χ4v) is 10.2. The number of hydrogen-bond donors (Lipinski definition) is 4. The number of nitrogens with two attached hydrogens (primary N) is 1. The molecule has 1 aromatic carbocycles. The van der Waals surface area contributed by atoms with Gasteiger partial charge in [-0.1, -0.05) is 27.7 Å². The molecule has 3 fully saturated rings. The summed E-state index contributed by atoms with van der Waals surface area (Å²) < 4.78 is 18.3. The van der Waals surface area contributed by atoms with E-state index in [0.717, 1.165) is 33.6 Å². The van der Waals surface area contributed by atoms with Crippen molar-refractivity contribution in [2.24, 2.45) is 17.6 Å². The van der Waals surface area contributed by atoms with E-state index in [1.54, 1.807) is 37.5 Å². The highest BCUT2D eigenvalue weighted by Crippen LogP contribution is 2.70. The van der Waals surface area contributed by atoms with Crippen LogP contribution in [0.25, 0.3) is 22.3 Å². The van der Waals surface area contributed by atoms with Crippen molar-refractivity contribution in [3.8, 4) is 22.9 Å². The van der Waals surface area contributed by atoms with E-state index >= 15 is 0 Å².